The van der Waals surface area contributed by atoms with Gasteiger partial charge in [0.15, 0.2) is 0 Å². The van der Waals surface area contributed by atoms with Crippen LogP contribution in [-0.2, 0) is 0 Å². The van der Waals surface area contributed by atoms with Gasteiger partial charge in [-0.05, 0) is 40.8 Å². The zero-order valence-electron chi connectivity index (χ0n) is 10.6. The number of nitrogens with zero attached hydrogens (tertiary/aromatic N) is 1. The maximum Gasteiger partial charge on any atom is 0.0559 e. The average Bonchev–Trinajstić information content (AvgIpc) is 2.45. The summed E-state index contributed by atoms with van der Waals surface area (Å²) < 4.78 is 0. The number of aromatic nitrogens is 1. The first-order valence-corrected chi connectivity index (χ1v) is 6.95. The molecule has 3 rings (SSSR count). The summed E-state index contributed by atoms with van der Waals surface area (Å²) in [4.78, 5) is 4.18. The first-order chi connectivity index (χ1) is 9.65. The van der Waals surface area contributed by atoms with Crippen molar-refractivity contribution in [1.29, 1.82) is 0 Å². The lowest BCUT2D eigenvalue weighted by Crippen LogP contribution is -2.12. The van der Waals surface area contributed by atoms with E-state index < -0.39 is 0 Å². The Kier molecular flexibility index (Phi) is 3.62. The van der Waals surface area contributed by atoms with Crippen LogP contribution in [0.15, 0.2) is 54.9 Å². The van der Waals surface area contributed by atoms with Gasteiger partial charge in [-0.15, -0.1) is 0 Å². The predicted molar refractivity (Wildman–Crippen MR) is 84.2 cm³/mol. The lowest BCUT2D eigenvalue weighted by atomic mass is 9.95. The van der Waals surface area contributed by atoms with E-state index in [2.05, 4.69) is 4.98 Å². The highest BCUT2D eigenvalue weighted by molar-refractivity contribution is 6.34. The zero-order valence-corrected chi connectivity index (χ0v) is 12.1. The van der Waals surface area contributed by atoms with Gasteiger partial charge in [0, 0.05) is 27.8 Å². The molecule has 4 heteroatoms. The number of pyridine rings is 1. The molecule has 2 aromatic carbocycles. The number of nitrogens with two attached hydrogens (primary N) is 1. The largest absolute Gasteiger partial charge is 0.320 e. The van der Waals surface area contributed by atoms with Crippen LogP contribution in [0.4, 0.5) is 0 Å². The maximum absolute atomic E-state index is 6.38. The Bertz CT molecular complexity index is 746. The first kappa shape index (κ1) is 13.4. The SMILES string of the molecule is NC(c1cc(Cl)cc(Cl)c1)c1cccc2ccncc12. The number of benzene rings is 2. The van der Waals surface area contributed by atoms with E-state index in [1.165, 1.54) is 0 Å². The Balaban J connectivity index is 2.15. The van der Waals surface area contributed by atoms with Gasteiger partial charge >= 0.3 is 0 Å². The third-order valence-corrected chi connectivity index (χ3v) is 3.73. The molecule has 0 fully saturated rings. The van der Waals surface area contributed by atoms with Crippen molar-refractivity contribution in [2.75, 3.05) is 0 Å². The molecule has 0 bridgehead atoms. The Morgan fingerprint density at radius 2 is 1.75 bits per heavy atom. The molecule has 0 aliphatic carbocycles. The van der Waals surface area contributed by atoms with Crippen LogP contribution in [0.2, 0.25) is 10.0 Å². The van der Waals surface area contributed by atoms with Crippen molar-refractivity contribution in [1.82, 2.24) is 4.98 Å². The minimum absolute atomic E-state index is 0.293. The summed E-state index contributed by atoms with van der Waals surface area (Å²) in [6.45, 7) is 0. The predicted octanol–water partition coefficient (Wildman–Crippen LogP) is 4.59. The molecule has 0 aliphatic heterocycles. The van der Waals surface area contributed by atoms with Crippen LogP contribution < -0.4 is 5.73 Å². The highest BCUT2D eigenvalue weighted by Crippen LogP contribution is 2.30. The average molecular weight is 303 g/mol. The zero-order chi connectivity index (χ0) is 14.1. The Morgan fingerprint density at radius 1 is 1.00 bits per heavy atom. The van der Waals surface area contributed by atoms with Gasteiger partial charge in [-0.3, -0.25) is 4.98 Å². The molecule has 100 valence electrons. The molecule has 1 heterocycles. The molecule has 0 saturated heterocycles. The molecular formula is C16H12Cl2N2. The van der Waals surface area contributed by atoms with E-state index in [9.17, 15) is 0 Å². The number of rotatable bonds is 2. The summed E-state index contributed by atoms with van der Waals surface area (Å²) in [7, 11) is 0. The van der Waals surface area contributed by atoms with E-state index >= 15 is 0 Å². The molecule has 1 aromatic heterocycles. The smallest absolute Gasteiger partial charge is 0.0559 e. The summed E-state index contributed by atoms with van der Waals surface area (Å²) in [6.07, 6.45) is 3.60. The minimum Gasteiger partial charge on any atom is -0.320 e. The summed E-state index contributed by atoms with van der Waals surface area (Å²) in [6, 6.07) is 13.1. The summed E-state index contributed by atoms with van der Waals surface area (Å²) in [5.41, 5.74) is 8.27. The van der Waals surface area contributed by atoms with Crippen molar-refractivity contribution >= 4 is 34.0 Å². The van der Waals surface area contributed by atoms with E-state index in [1.54, 1.807) is 12.3 Å². The molecule has 1 atom stereocenters. The molecule has 0 saturated carbocycles. The standard InChI is InChI=1S/C16H12Cl2N2/c17-12-6-11(7-13(18)8-12)16(19)14-3-1-2-10-4-5-20-9-15(10)14/h1-9,16H,19H2. The van der Waals surface area contributed by atoms with Crippen LogP contribution in [-0.4, -0.2) is 4.98 Å². The van der Waals surface area contributed by atoms with Gasteiger partial charge in [-0.1, -0.05) is 41.4 Å². The summed E-state index contributed by atoms with van der Waals surface area (Å²) >= 11 is 12.1. The number of hydrogen-bond donors (Lipinski definition) is 1. The second-order valence-corrected chi connectivity index (χ2v) is 5.50. The quantitative estimate of drug-likeness (QED) is 0.752. The molecule has 3 aromatic rings. The third-order valence-electron chi connectivity index (χ3n) is 3.30. The van der Waals surface area contributed by atoms with E-state index in [4.69, 9.17) is 28.9 Å². The molecule has 0 aliphatic rings. The highest BCUT2D eigenvalue weighted by Gasteiger charge is 2.13. The minimum atomic E-state index is -0.293. The Morgan fingerprint density at radius 3 is 2.50 bits per heavy atom. The Labute approximate surface area is 127 Å². The number of hydrogen-bond acceptors (Lipinski definition) is 2. The monoisotopic (exact) mass is 302 g/mol. The molecule has 0 radical (unpaired) electrons. The van der Waals surface area contributed by atoms with E-state index in [0.29, 0.717) is 10.0 Å². The van der Waals surface area contributed by atoms with Crippen LogP contribution in [0.3, 0.4) is 0 Å². The van der Waals surface area contributed by atoms with Crippen molar-refractivity contribution in [3.05, 3.63) is 76.0 Å². The van der Waals surface area contributed by atoms with Gasteiger partial charge in [0.05, 0.1) is 6.04 Å². The fourth-order valence-corrected chi connectivity index (χ4v) is 2.89. The van der Waals surface area contributed by atoms with Crippen LogP contribution in [0.5, 0.6) is 0 Å². The topological polar surface area (TPSA) is 38.9 Å². The van der Waals surface area contributed by atoms with E-state index in [1.807, 2.05) is 42.6 Å². The van der Waals surface area contributed by atoms with Gasteiger partial charge in [-0.2, -0.15) is 0 Å². The second-order valence-electron chi connectivity index (χ2n) is 4.62. The molecule has 0 amide bonds. The van der Waals surface area contributed by atoms with Crippen LogP contribution in [0, 0.1) is 0 Å². The van der Waals surface area contributed by atoms with Crippen molar-refractivity contribution < 1.29 is 0 Å². The van der Waals surface area contributed by atoms with Gasteiger partial charge in [-0.25, -0.2) is 0 Å². The van der Waals surface area contributed by atoms with Gasteiger partial charge in [0.25, 0.3) is 0 Å². The van der Waals surface area contributed by atoms with Gasteiger partial charge in [0.1, 0.15) is 0 Å². The molecule has 2 nitrogen and oxygen atoms in total. The number of fused-ring (bicyclic) bond motifs is 1. The van der Waals surface area contributed by atoms with Crippen molar-refractivity contribution in [3.8, 4) is 0 Å². The molecule has 0 spiro atoms. The van der Waals surface area contributed by atoms with Crippen molar-refractivity contribution in [2.45, 2.75) is 6.04 Å². The fraction of sp³-hybridized carbons (Fsp3) is 0.0625. The molecular weight excluding hydrogens is 291 g/mol. The van der Waals surface area contributed by atoms with Gasteiger partial charge < -0.3 is 5.73 Å². The fourth-order valence-electron chi connectivity index (χ4n) is 2.34. The van der Waals surface area contributed by atoms with E-state index in [-0.39, 0.29) is 6.04 Å². The first-order valence-electron chi connectivity index (χ1n) is 6.19. The normalized spacial score (nSPS) is 12.6. The lowest BCUT2D eigenvalue weighted by Gasteiger charge is -2.15. The van der Waals surface area contributed by atoms with Crippen LogP contribution >= 0.6 is 23.2 Å². The second kappa shape index (κ2) is 5.41. The lowest BCUT2D eigenvalue weighted by molar-refractivity contribution is 0.880. The van der Waals surface area contributed by atoms with Crippen LogP contribution in [0.1, 0.15) is 17.2 Å². The highest BCUT2D eigenvalue weighted by atomic mass is 35.5. The molecule has 20 heavy (non-hydrogen) atoms. The Hall–Kier alpha value is -1.61. The van der Waals surface area contributed by atoms with Gasteiger partial charge in [0.2, 0.25) is 0 Å². The van der Waals surface area contributed by atoms with E-state index in [0.717, 1.165) is 21.9 Å². The third kappa shape index (κ3) is 2.50. The maximum atomic E-state index is 6.38. The number of halogens is 2. The molecule has 2 N–H and O–H groups in total. The van der Waals surface area contributed by atoms with Crippen molar-refractivity contribution in [2.24, 2.45) is 5.73 Å². The van der Waals surface area contributed by atoms with Crippen LogP contribution in [0.25, 0.3) is 10.8 Å². The summed E-state index contributed by atoms with van der Waals surface area (Å²) in [5, 5.41) is 3.32. The van der Waals surface area contributed by atoms with Crippen molar-refractivity contribution in [3.63, 3.8) is 0 Å². The summed E-state index contributed by atoms with van der Waals surface area (Å²) in [5.74, 6) is 0. The molecule has 1 unspecified atom stereocenters.